The summed E-state index contributed by atoms with van der Waals surface area (Å²) >= 11 is 11.0. The van der Waals surface area contributed by atoms with E-state index in [1.165, 1.54) is 6.42 Å². The highest BCUT2D eigenvalue weighted by atomic mass is 35.5. The molecule has 80 valence electrons. The summed E-state index contributed by atoms with van der Waals surface area (Å²) in [6, 6.07) is 5.47. The van der Waals surface area contributed by atoms with Gasteiger partial charge in [-0.3, -0.25) is 0 Å². The number of halogens is 1. The fraction of sp³-hybridized carbons (Fsp3) is 0.364. The first-order valence-electron chi connectivity index (χ1n) is 4.93. The van der Waals surface area contributed by atoms with Crippen molar-refractivity contribution < 1.29 is 4.74 Å². The van der Waals surface area contributed by atoms with Crippen LogP contribution in [0.4, 0.5) is 0 Å². The second kappa shape index (κ2) is 4.37. The molecule has 0 bridgehead atoms. The molecule has 2 N–H and O–H groups in total. The van der Waals surface area contributed by atoms with Gasteiger partial charge in [0.05, 0.1) is 16.7 Å². The molecule has 0 heterocycles. The molecule has 0 radical (unpaired) electrons. The molecular weight excluding hydrogens is 230 g/mol. The number of benzene rings is 1. The molecule has 1 aliphatic rings. The number of ether oxygens (including phenoxy) is 1. The van der Waals surface area contributed by atoms with E-state index in [9.17, 15) is 0 Å². The Bertz CT molecular complexity index is 390. The van der Waals surface area contributed by atoms with Crippen LogP contribution in [0, 0.1) is 0 Å². The molecule has 15 heavy (non-hydrogen) atoms. The molecule has 2 nitrogen and oxygen atoms in total. The van der Waals surface area contributed by atoms with Crippen molar-refractivity contribution in [1.82, 2.24) is 0 Å². The predicted molar refractivity (Wildman–Crippen MR) is 65.6 cm³/mol. The topological polar surface area (TPSA) is 35.2 Å². The van der Waals surface area contributed by atoms with E-state index in [2.05, 4.69) is 0 Å². The monoisotopic (exact) mass is 241 g/mol. The van der Waals surface area contributed by atoms with E-state index >= 15 is 0 Å². The largest absolute Gasteiger partial charge is 0.490 e. The summed E-state index contributed by atoms with van der Waals surface area (Å²) in [5.74, 6) is 0.708. The molecule has 0 spiro atoms. The summed E-state index contributed by atoms with van der Waals surface area (Å²) in [7, 11) is 0. The van der Waals surface area contributed by atoms with Gasteiger partial charge in [0.2, 0.25) is 0 Å². The normalized spacial score (nSPS) is 15.8. The SMILES string of the molecule is NC(=S)c1c(Cl)cccc1OC1CCC1. The van der Waals surface area contributed by atoms with Gasteiger partial charge < -0.3 is 10.5 Å². The molecule has 0 aliphatic heterocycles. The van der Waals surface area contributed by atoms with Crippen LogP contribution in [-0.2, 0) is 0 Å². The van der Waals surface area contributed by atoms with Gasteiger partial charge in [-0.1, -0.05) is 29.9 Å². The summed E-state index contributed by atoms with van der Waals surface area (Å²) < 4.78 is 5.77. The van der Waals surface area contributed by atoms with Gasteiger partial charge in [-0.2, -0.15) is 0 Å². The van der Waals surface area contributed by atoms with Crippen LogP contribution >= 0.6 is 23.8 Å². The molecule has 0 aromatic heterocycles. The summed E-state index contributed by atoms with van der Waals surface area (Å²) in [5, 5.41) is 0.555. The maximum Gasteiger partial charge on any atom is 0.131 e. The molecule has 1 aromatic rings. The molecule has 4 heteroatoms. The molecule has 1 fully saturated rings. The second-order valence-electron chi connectivity index (χ2n) is 3.65. The lowest BCUT2D eigenvalue weighted by molar-refractivity contribution is 0.120. The first-order chi connectivity index (χ1) is 7.18. The van der Waals surface area contributed by atoms with Crippen LogP contribution in [0.15, 0.2) is 18.2 Å². The van der Waals surface area contributed by atoms with Crippen LogP contribution in [0.3, 0.4) is 0 Å². The third kappa shape index (κ3) is 2.24. The van der Waals surface area contributed by atoms with Crippen LogP contribution in [-0.4, -0.2) is 11.1 Å². The van der Waals surface area contributed by atoms with Crippen molar-refractivity contribution in [2.75, 3.05) is 0 Å². The van der Waals surface area contributed by atoms with Crippen LogP contribution in [0.5, 0.6) is 5.75 Å². The summed E-state index contributed by atoms with van der Waals surface area (Å²) in [6.45, 7) is 0. The molecule has 0 atom stereocenters. The fourth-order valence-electron chi connectivity index (χ4n) is 1.51. The van der Waals surface area contributed by atoms with Gasteiger partial charge in [0.15, 0.2) is 0 Å². The molecule has 0 unspecified atom stereocenters. The van der Waals surface area contributed by atoms with Gasteiger partial charge in [0, 0.05) is 0 Å². The highest BCUT2D eigenvalue weighted by molar-refractivity contribution is 7.80. The van der Waals surface area contributed by atoms with Crippen LogP contribution in [0.2, 0.25) is 5.02 Å². The molecule has 1 aliphatic carbocycles. The van der Waals surface area contributed by atoms with E-state index < -0.39 is 0 Å². The van der Waals surface area contributed by atoms with Crippen molar-refractivity contribution >= 4 is 28.8 Å². The second-order valence-corrected chi connectivity index (χ2v) is 4.50. The molecule has 1 saturated carbocycles. The van der Waals surface area contributed by atoms with E-state index in [4.69, 9.17) is 34.3 Å². The molecule has 0 amide bonds. The number of thiocarbonyl (C=S) groups is 1. The first kappa shape index (κ1) is 10.7. The predicted octanol–water partition coefficient (Wildman–Crippen LogP) is 2.91. The lowest BCUT2D eigenvalue weighted by atomic mass is 9.96. The summed E-state index contributed by atoms with van der Waals surface area (Å²) in [4.78, 5) is 0.287. The standard InChI is InChI=1S/C11H12ClNOS/c12-8-5-2-6-9(10(8)11(13)15)14-7-3-1-4-7/h2,5-7H,1,3-4H2,(H2,13,15). The summed E-state index contributed by atoms with van der Waals surface area (Å²) in [6.07, 6.45) is 3.73. The van der Waals surface area contributed by atoms with Gasteiger partial charge >= 0.3 is 0 Å². The lowest BCUT2D eigenvalue weighted by Gasteiger charge is -2.27. The maximum absolute atomic E-state index is 6.02. The van der Waals surface area contributed by atoms with E-state index in [0.29, 0.717) is 22.4 Å². The van der Waals surface area contributed by atoms with Gasteiger partial charge in [0.1, 0.15) is 10.7 Å². The first-order valence-corrected chi connectivity index (χ1v) is 5.72. The highest BCUT2D eigenvalue weighted by Crippen LogP contribution is 2.31. The minimum atomic E-state index is 0.287. The average molecular weight is 242 g/mol. The van der Waals surface area contributed by atoms with E-state index in [-0.39, 0.29) is 4.99 Å². The third-order valence-corrected chi connectivity index (χ3v) is 3.09. The minimum Gasteiger partial charge on any atom is -0.490 e. The Kier molecular flexibility index (Phi) is 3.12. The lowest BCUT2D eigenvalue weighted by Crippen LogP contribution is -2.26. The fourth-order valence-corrected chi connectivity index (χ4v) is 2.04. The Morgan fingerprint density at radius 2 is 2.20 bits per heavy atom. The number of rotatable bonds is 3. The molecule has 2 rings (SSSR count). The van der Waals surface area contributed by atoms with Crippen LogP contribution in [0.1, 0.15) is 24.8 Å². The molecular formula is C11H12ClNOS. The Balaban J connectivity index is 2.27. The Morgan fingerprint density at radius 3 is 2.73 bits per heavy atom. The average Bonchev–Trinajstić information content (AvgIpc) is 2.10. The van der Waals surface area contributed by atoms with Crippen molar-refractivity contribution in [2.24, 2.45) is 5.73 Å². The van der Waals surface area contributed by atoms with Gasteiger partial charge in [-0.05, 0) is 31.4 Å². The summed E-state index contributed by atoms with van der Waals surface area (Å²) in [5.41, 5.74) is 6.27. The van der Waals surface area contributed by atoms with E-state index in [0.717, 1.165) is 12.8 Å². The minimum absolute atomic E-state index is 0.287. The van der Waals surface area contributed by atoms with Crippen LogP contribution in [0.25, 0.3) is 0 Å². The van der Waals surface area contributed by atoms with Gasteiger partial charge in [0.25, 0.3) is 0 Å². The molecule has 1 aromatic carbocycles. The van der Waals surface area contributed by atoms with Crippen LogP contribution < -0.4 is 10.5 Å². The van der Waals surface area contributed by atoms with Gasteiger partial charge in [-0.25, -0.2) is 0 Å². The molecule has 0 saturated heterocycles. The van der Waals surface area contributed by atoms with Crippen molar-refractivity contribution in [2.45, 2.75) is 25.4 Å². The Labute approximate surface area is 99.4 Å². The highest BCUT2D eigenvalue weighted by Gasteiger charge is 2.21. The Hall–Kier alpha value is -0.800. The zero-order chi connectivity index (χ0) is 10.8. The van der Waals surface area contributed by atoms with Crippen molar-refractivity contribution in [3.63, 3.8) is 0 Å². The maximum atomic E-state index is 6.02. The number of hydrogen-bond acceptors (Lipinski definition) is 2. The quantitative estimate of drug-likeness (QED) is 0.827. The Morgan fingerprint density at radius 1 is 1.47 bits per heavy atom. The van der Waals surface area contributed by atoms with Gasteiger partial charge in [-0.15, -0.1) is 0 Å². The van der Waals surface area contributed by atoms with Crippen molar-refractivity contribution in [3.8, 4) is 5.75 Å². The van der Waals surface area contributed by atoms with E-state index in [1.807, 2.05) is 12.1 Å². The van der Waals surface area contributed by atoms with Crippen molar-refractivity contribution in [1.29, 1.82) is 0 Å². The van der Waals surface area contributed by atoms with Crippen molar-refractivity contribution in [3.05, 3.63) is 28.8 Å². The zero-order valence-corrected chi connectivity index (χ0v) is 9.77. The smallest absolute Gasteiger partial charge is 0.131 e. The zero-order valence-electron chi connectivity index (χ0n) is 8.20. The third-order valence-electron chi connectivity index (χ3n) is 2.57. The number of hydrogen-bond donors (Lipinski definition) is 1. The number of nitrogens with two attached hydrogens (primary N) is 1. The van der Waals surface area contributed by atoms with E-state index in [1.54, 1.807) is 6.07 Å².